The Hall–Kier alpha value is -4.70. The molecule has 0 radical (unpaired) electrons. The fourth-order valence-electron chi connectivity index (χ4n) is 8.24. The minimum absolute atomic E-state index is 0.166. The smallest absolute Gasteiger partial charge is 0.234 e. The summed E-state index contributed by atoms with van der Waals surface area (Å²) in [5.41, 5.74) is 5.44. The van der Waals surface area contributed by atoms with E-state index in [4.69, 9.17) is 37.4 Å². The van der Waals surface area contributed by atoms with E-state index in [0.29, 0.717) is 65.5 Å². The van der Waals surface area contributed by atoms with E-state index >= 15 is 0 Å². The Morgan fingerprint density at radius 1 is 1.00 bits per heavy atom. The van der Waals surface area contributed by atoms with Crippen LogP contribution in [0.5, 0.6) is 17.2 Å². The van der Waals surface area contributed by atoms with E-state index in [2.05, 4.69) is 38.3 Å². The van der Waals surface area contributed by atoms with Gasteiger partial charge in [-0.1, -0.05) is 53.5 Å². The first-order valence-electron chi connectivity index (χ1n) is 18.6. The zero-order chi connectivity index (χ0) is 38.1. The van der Waals surface area contributed by atoms with E-state index in [9.17, 15) is 20.0 Å². The van der Waals surface area contributed by atoms with Crippen molar-refractivity contribution in [3.05, 3.63) is 105 Å². The molecule has 3 aliphatic heterocycles. The van der Waals surface area contributed by atoms with Crippen LogP contribution in [0.15, 0.2) is 67.0 Å². The first kappa shape index (κ1) is 37.2. The summed E-state index contributed by atoms with van der Waals surface area (Å²) in [6, 6.07) is 19.6. The lowest BCUT2D eigenvalue weighted by atomic mass is 9.85. The van der Waals surface area contributed by atoms with Gasteiger partial charge in [-0.2, -0.15) is 5.26 Å². The Kier molecular flexibility index (Phi) is 10.7. The molecule has 2 N–H and O–H groups in total. The number of halogens is 2. The maximum atomic E-state index is 12.7. The van der Waals surface area contributed by atoms with Crippen LogP contribution >= 0.6 is 23.2 Å². The molecule has 4 heterocycles. The number of benzene rings is 3. The summed E-state index contributed by atoms with van der Waals surface area (Å²) in [4.78, 5) is 33.3. The van der Waals surface area contributed by atoms with Crippen molar-refractivity contribution in [1.29, 1.82) is 5.26 Å². The van der Waals surface area contributed by atoms with Gasteiger partial charge in [0.05, 0.1) is 33.7 Å². The molecule has 4 aliphatic rings. The van der Waals surface area contributed by atoms with Crippen molar-refractivity contribution < 1.29 is 28.9 Å². The van der Waals surface area contributed by atoms with Crippen LogP contribution in [0.3, 0.4) is 0 Å². The average molecular weight is 783 g/mol. The van der Waals surface area contributed by atoms with Gasteiger partial charge in [0.2, 0.25) is 11.8 Å². The number of carbonyl (C=O) groups excluding carboxylic acids is 2. The summed E-state index contributed by atoms with van der Waals surface area (Å²) in [5, 5.41) is 22.4. The first-order valence-corrected chi connectivity index (χ1v) is 19.4. The number of nitriles is 1. The van der Waals surface area contributed by atoms with E-state index in [-0.39, 0.29) is 37.0 Å². The van der Waals surface area contributed by atoms with Gasteiger partial charge in [-0.3, -0.25) is 29.7 Å². The summed E-state index contributed by atoms with van der Waals surface area (Å²) >= 11 is 13.9. The third-order valence-electron chi connectivity index (χ3n) is 11.0. The van der Waals surface area contributed by atoms with Crippen LogP contribution in [-0.4, -0.2) is 77.1 Å². The van der Waals surface area contributed by atoms with Crippen LogP contribution in [0.4, 0.5) is 0 Å². The van der Waals surface area contributed by atoms with Gasteiger partial charge in [0, 0.05) is 74.3 Å². The van der Waals surface area contributed by atoms with Gasteiger partial charge in [-0.25, -0.2) is 0 Å². The molecular formula is C42H41Cl2N5O6. The molecular weight excluding hydrogens is 741 g/mol. The highest BCUT2D eigenvalue weighted by molar-refractivity contribution is 6.35. The van der Waals surface area contributed by atoms with Crippen molar-refractivity contribution in [2.24, 2.45) is 5.41 Å². The highest BCUT2D eigenvalue weighted by Crippen LogP contribution is 2.46. The molecule has 0 saturated carbocycles. The number of ether oxygens (including phenoxy) is 3. The highest BCUT2D eigenvalue weighted by atomic mass is 35.5. The molecule has 0 bridgehead atoms. The molecule has 3 fully saturated rings. The molecule has 284 valence electrons. The van der Waals surface area contributed by atoms with Gasteiger partial charge in [-0.15, -0.1) is 0 Å². The average Bonchev–Trinajstić information content (AvgIpc) is 3.85. The van der Waals surface area contributed by atoms with Gasteiger partial charge in [-0.05, 0) is 67.1 Å². The molecule has 8 rings (SSSR count). The number of pyridine rings is 1. The number of likely N-dealkylation sites (tertiary alicyclic amines) is 2. The Balaban J connectivity index is 1.01. The fraction of sp³-hybridized carbons (Fsp3) is 0.381. The van der Waals surface area contributed by atoms with Gasteiger partial charge < -0.3 is 19.3 Å². The quantitative estimate of drug-likeness (QED) is 0.118. The normalized spacial score (nSPS) is 21.0. The zero-order valence-corrected chi connectivity index (χ0v) is 31.7. The predicted molar refractivity (Wildman–Crippen MR) is 206 cm³/mol. The van der Waals surface area contributed by atoms with Crippen LogP contribution in [0.25, 0.3) is 11.1 Å². The van der Waals surface area contributed by atoms with Gasteiger partial charge in [0.15, 0.2) is 0 Å². The molecule has 13 heteroatoms. The lowest BCUT2D eigenvalue weighted by Gasteiger charge is -2.35. The van der Waals surface area contributed by atoms with Gasteiger partial charge in [0.1, 0.15) is 36.0 Å². The van der Waals surface area contributed by atoms with Crippen molar-refractivity contribution in [2.75, 3.05) is 39.3 Å². The van der Waals surface area contributed by atoms with Crippen molar-refractivity contribution >= 4 is 35.0 Å². The number of fused-ring (bicyclic) bond motifs is 1. The summed E-state index contributed by atoms with van der Waals surface area (Å²) < 4.78 is 19.2. The SMILES string of the molecule is N#Cc1cncc(COc2cc(O[C@H]3CCc4c(-c5cccc(OCCCN6CC(O)C6)c5Cl)cccc43)c(Cl)cc2CN2CCC3(CC(=O)NC3=O)C2)c1. The van der Waals surface area contributed by atoms with Gasteiger partial charge in [0.25, 0.3) is 0 Å². The third-order valence-corrected chi connectivity index (χ3v) is 11.7. The lowest BCUT2D eigenvalue weighted by Crippen LogP contribution is -2.50. The van der Waals surface area contributed by atoms with Crippen LogP contribution in [0, 0.1) is 16.7 Å². The monoisotopic (exact) mass is 781 g/mol. The predicted octanol–water partition coefficient (Wildman–Crippen LogP) is 6.26. The van der Waals surface area contributed by atoms with E-state index in [1.807, 2.05) is 36.4 Å². The van der Waals surface area contributed by atoms with Crippen molar-refractivity contribution in [1.82, 2.24) is 20.1 Å². The lowest BCUT2D eigenvalue weighted by molar-refractivity contribution is -0.128. The number of aliphatic hydroxyl groups excluding tert-OH is 1. The topological polar surface area (TPSA) is 137 Å². The number of nitrogens with zero attached hydrogens (tertiary/aromatic N) is 4. The number of β-amino-alcohol motifs (C(OH)–C–C–N with tert-alkyl or cyclic N) is 1. The van der Waals surface area contributed by atoms with Gasteiger partial charge >= 0.3 is 0 Å². The Morgan fingerprint density at radius 3 is 2.64 bits per heavy atom. The molecule has 2 atom stereocenters. The maximum Gasteiger partial charge on any atom is 0.234 e. The molecule has 1 spiro atoms. The summed E-state index contributed by atoms with van der Waals surface area (Å²) in [7, 11) is 0. The molecule has 4 aromatic rings. The molecule has 11 nitrogen and oxygen atoms in total. The molecule has 1 aromatic heterocycles. The van der Waals surface area contributed by atoms with Crippen LogP contribution in [0.2, 0.25) is 10.0 Å². The molecule has 3 saturated heterocycles. The van der Waals surface area contributed by atoms with Crippen LogP contribution in [-0.2, 0) is 29.2 Å². The molecule has 1 unspecified atom stereocenters. The number of carbonyl (C=O) groups is 2. The number of rotatable bonds is 13. The standard InChI is InChI=1S/C42H41Cl2N5O6/c43-34-15-28(21-49-12-10-42(25-49)17-39(51)47-41(42)52)37(54-24-27-14-26(18-45)19-46-20-27)16-38(34)55-35-9-8-31-30(4-1-5-32(31)35)33-6-2-7-36(40(33)44)53-13-3-11-48-22-29(50)23-48/h1-2,4-7,14-16,19-20,29,35,50H,3,8-13,17,21-25H2,(H,47,51,52)/t35-,42?/m0/s1. The number of hydrogen-bond donors (Lipinski definition) is 2. The van der Waals surface area contributed by atoms with E-state index < -0.39 is 5.41 Å². The highest BCUT2D eigenvalue weighted by Gasteiger charge is 2.50. The second kappa shape index (κ2) is 15.8. The summed E-state index contributed by atoms with van der Waals surface area (Å²) in [5.74, 6) is 1.25. The number of aromatic nitrogens is 1. The zero-order valence-electron chi connectivity index (χ0n) is 30.2. The maximum absolute atomic E-state index is 12.7. The number of nitrogens with one attached hydrogen (secondary N) is 1. The summed E-state index contributed by atoms with van der Waals surface area (Å²) in [6.45, 7) is 4.57. The Bertz CT molecular complexity index is 2170. The largest absolute Gasteiger partial charge is 0.492 e. The Morgan fingerprint density at radius 2 is 1.84 bits per heavy atom. The number of aliphatic hydroxyl groups is 1. The number of amides is 2. The molecule has 1 aliphatic carbocycles. The second-order valence-corrected chi connectivity index (χ2v) is 15.7. The second-order valence-electron chi connectivity index (χ2n) is 14.9. The van der Waals surface area contributed by atoms with Crippen molar-refractivity contribution in [3.63, 3.8) is 0 Å². The molecule has 2 amide bonds. The fourth-order valence-corrected chi connectivity index (χ4v) is 8.75. The van der Waals surface area contributed by atoms with Crippen molar-refractivity contribution in [2.45, 2.75) is 57.5 Å². The van der Waals surface area contributed by atoms with E-state index in [1.54, 1.807) is 12.3 Å². The molecule has 3 aromatic carbocycles. The van der Waals surface area contributed by atoms with E-state index in [0.717, 1.165) is 72.3 Å². The minimum atomic E-state index is -0.707. The van der Waals surface area contributed by atoms with Crippen LogP contribution in [0.1, 0.15) is 59.6 Å². The minimum Gasteiger partial charge on any atom is -0.492 e. The third kappa shape index (κ3) is 7.88. The first-order chi connectivity index (χ1) is 26.7. The number of imide groups is 1. The van der Waals surface area contributed by atoms with E-state index in [1.165, 1.54) is 6.20 Å². The Labute approximate surface area is 329 Å². The summed E-state index contributed by atoms with van der Waals surface area (Å²) in [6.07, 6.45) is 5.85. The molecule has 55 heavy (non-hydrogen) atoms. The van der Waals surface area contributed by atoms with Crippen molar-refractivity contribution in [3.8, 4) is 34.4 Å². The van der Waals surface area contributed by atoms with Crippen LogP contribution < -0.4 is 19.5 Å². The number of hydrogen-bond acceptors (Lipinski definition) is 10.